The van der Waals surface area contributed by atoms with E-state index in [4.69, 9.17) is 20.9 Å². The first-order chi connectivity index (χ1) is 8.71. The lowest BCUT2D eigenvalue weighted by atomic mass is 9.80. The summed E-state index contributed by atoms with van der Waals surface area (Å²) in [5.41, 5.74) is 1.82. The van der Waals surface area contributed by atoms with Gasteiger partial charge in [0.2, 0.25) is 0 Å². The van der Waals surface area contributed by atoms with Crippen LogP contribution in [0.5, 0.6) is 0 Å². The van der Waals surface area contributed by atoms with Gasteiger partial charge in [-0.05, 0) is 46.6 Å². The molecular formula is C15H22BClO2. The van der Waals surface area contributed by atoms with Gasteiger partial charge in [0.25, 0.3) is 0 Å². The minimum Gasteiger partial charge on any atom is -0.402 e. The molecule has 0 aromatic heterocycles. The van der Waals surface area contributed by atoms with E-state index in [0.29, 0.717) is 0 Å². The Balaban J connectivity index is 2.02. The summed E-state index contributed by atoms with van der Waals surface area (Å²) in [7, 11) is -0.354. The Morgan fingerprint density at radius 2 is 1.53 bits per heavy atom. The normalized spacial score (nSPS) is 22.5. The lowest BCUT2D eigenvalue weighted by Gasteiger charge is -2.32. The molecule has 2 rings (SSSR count). The molecule has 0 N–H and O–H groups in total. The SMILES string of the molecule is Cc1ccc(C[C@@H](Cl)B2OC(C)(C)C(C)(C)O2)cc1. The Morgan fingerprint density at radius 3 is 2.00 bits per heavy atom. The van der Waals surface area contributed by atoms with Crippen molar-refractivity contribution in [2.24, 2.45) is 0 Å². The minimum atomic E-state index is -0.354. The smallest absolute Gasteiger partial charge is 0.402 e. The highest BCUT2D eigenvalue weighted by molar-refractivity contribution is 6.60. The first-order valence-electron chi connectivity index (χ1n) is 6.76. The largest absolute Gasteiger partial charge is 0.477 e. The van der Waals surface area contributed by atoms with Gasteiger partial charge in [0.05, 0.1) is 16.5 Å². The third kappa shape index (κ3) is 3.15. The monoisotopic (exact) mass is 280 g/mol. The second kappa shape index (κ2) is 5.12. The van der Waals surface area contributed by atoms with E-state index in [1.807, 2.05) is 27.7 Å². The van der Waals surface area contributed by atoms with Crippen LogP contribution >= 0.6 is 11.6 Å². The van der Waals surface area contributed by atoms with Gasteiger partial charge in [-0.2, -0.15) is 0 Å². The molecule has 0 aliphatic carbocycles. The number of hydrogen-bond donors (Lipinski definition) is 0. The molecule has 104 valence electrons. The summed E-state index contributed by atoms with van der Waals surface area (Å²) in [5.74, 6) is 0. The highest BCUT2D eigenvalue weighted by Gasteiger charge is 2.53. The summed E-state index contributed by atoms with van der Waals surface area (Å²) < 4.78 is 11.9. The van der Waals surface area contributed by atoms with Crippen molar-refractivity contribution in [1.82, 2.24) is 0 Å². The fraction of sp³-hybridized carbons (Fsp3) is 0.600. The fourth-order valence-corrected chi connectivity index (χ4v) is 2.36. The van der Waals surface area contributed by atoms with Crippen LogP contribution in [0.15, 0.2) is 24.3 Å². The van der Waals surface area contributed by atoms with E-state index in [0.717, 1.165) is 6.42 Å². The fourth-order valence-electron chi connectivity index (χ4n) is 2.08. The molecule has 2 nitrogen and oxygen atoms in total. The molecule has 1 saturated heterocycles. The lowest BCUT2D eigenvalue weighted by Crippen LogP contribution is -2.41. The van der Waals surface area contributed by atoms with E-state index in [9.17, 15) is 0 Å². The number of hydrogen-bond acceptors (Lipinski definition) is 2. The number of halogens is 1. The Bertz CT molecular complexity index is 426. The quantitative estimate of drug-likeness (QED) is 0.620. The molecule has 1 aromatic carbocycles. The Morgan fingerprint density at radius 1 is 1.05 bits per heavy atom. The van der Waals surface area contributed by atoms with Gasteiger partial charge in [-0.25, -0.2) is 0 Å². The van der Waals surface area contributed by atoms with Crippen LogP contribution < -0.4 is 0 Å². The molecule has 0 amide bonds. The number of alkyl halides is 1. The summed E-state index contributed by atoms with van der Waals surface area (Å²) in [6.45, 7) is 10.3. The molecule has 19 heavy (non-hydrogen) atoms. The molecular weight excluding hydrogens is 258 g/mol. The molecule has 4 heteroatoms. The third-order valence-corrected chi connectivity index (χ3v) is 4.48. The topological polar surface area (TPSA) is 18.5 Å². The highest BCUT2D eigenvalue weighted by atomic mass is 35.5. The summed E-state index contributed by atoms with van der Waals surface area (Å²) in [6.07, 6.45) is 0.749. The molecule has 0 bridgehead atoms. The predicted molar refractivity (Wildman–Crippen MR) is 80.6 cm³/mol. The molecule has 0 spiro atoms. The van der Waals surface area contributed by atoms with Crippen LogP contribution in [0.4, 0.5) is 0 Å². The van der Waals surface area contributed by atoms with Gasteiger partial charge < -0.3 is 9.31 Å². The maximum Gasteiger partial charge on any atom is 0.477 e. The first kappa shape index (κ1) is 14.9. The van der Waals surface area contributed by atoms with Crippen molar-refractivity contribution in [3.05, 3.63) is 35.4 Å². The Hall–Kier alpha value is -0.505. The van der Waals surface area contributed by atoms with Crippen LogP contribution in [0.2, 0.25) is 0 Å². The minimum absolute atomic E-state index is 0.177. The standard InChI is InChI=1S/C15H22BClO2/c1-11-6-8-12(9-7-11)10-13(17)16-18-14(2,3)15(4,5)19-16/h6-9,13H,10H2,1-5H3/t13-/m1/s1. The lowest BCUT2D eigenvalue weighted by molar-refractivity contribution is 0.00578. The van der Waals surface area contributed by atoms with Crippen LogP contribution in [0.25, 0.3) is 0 Å². The molecule has 1 fully saturated rings. The maximum atomic E-state index is 6.47. The van der Waals surface area contributed by atoms with Crippen molar-refractivity contribution in [1.29, 1.82) is 0 Å². The number of aryl methyl sites for hydroxylation is 1. The van der Waals surface area contributed by atoms with E-state index in [2.05, 4.69) is 31.2 Å². The summed E-state index contributed by atoms with van der Waals surface area (Å²) in [4.78, 5) is 0. The van der Waals surface area contributed by atoms with Crippen LogP contribution in [0.3, 0.4) is 0 Å². The average Bonchev–Trinajstić information content (AvgIpc) is 2.51. The second-order valence-corrected chi connectivity index (χ2v) is 6.89. The second-order valence-electron chi connectivity index (χ2n) is 6.33. The van der Waals surface area contributed by atoms with Crippen LogP contribution in [-0.4, -0.2) is 23.6 Å². The molecule has 1 aliphatic rings. The van der Waals surface area contributed by atoms with Crippen molar-refractivity contribution < 1.29 is 9.31 Å². The van der Waals surface area contributed by atoms with Crippen LogP contribution in [0, 0.1) is 6.92 Å². The molecule has 1 heterocycles. The first-order valence-corrected chi connectivity index (χ1v) is 7.20. The molecule has 0 radical (unpaired) electrons. The van der Waals surface area contributed by atoms with Crippen LogP contribution in [0.1, 0.15) is 38.8 Å². The highest BCUT2D eigenvalue weighted by Crippen LogP contribution is 2.38. The van der Waals surface area contributed by atoms with Crippen molar-refractivity contribution in [2.75, 3.05) is 0 Å². The number of rotatable bonds is 3. The van der Waals surface area contributed by atoms with Gasteiger partial charge in [-0.15, -0.1) is 11.6 Å². The Kier molecular flexibility index (Phi) is 4.01. The van der Waals surface area contributed by atoms with Gasteiger partial charge >= 0.3 is 7.12 Å². The van der Waals surface area contributed by atoms with Gasteiger partial charge in [0, 0.05) is 0 Å². The van der Waals surface area contributed by atoms with E-state index in [1.165, 1.54) is 11.1 Å². The van der Waals surface area contributed by atoms with E-state index in [1.54, 1.807) is 0 Å². The Labute approximate surface area is 121 Å². The zero-order valence-electron chi connectivity index (χ0n) is 12.4. The van der Waals surface area contributed by atoms with Crippen molar-refractivity contribution in [3.63, 3.8) is 0 Å². The zero-order valence-corrected chi connectivity index (χ0v) is 13.1. The van der Waals surface area contributed by atoms with Crippen molar-refractivity contribution in [3.8, 4) is 0 Å². The van der Waals surface area contributed by atoms with Crippen molar-refractivity contribution in [2.45, 2.75) is 57.5 Å². The van der Waals surface area contributed by atoms with E-state index < -0.39 is 0 Å². The zero-order chi connectivity index (χ0) is 14.3. The average molecular weight is 281 g/mol. The molecule has 0 saturated carbocycles. The van der Waals surface area contributed by atoms with E-state index >= 15 is 0 Å². The summed E-state index contributed by atoms with van der Waals surface area (Å²) in [5, 5.41) is -0.177. The molecule has 1 atom stereocenters. The molecule has 1 aliphatic heterocycles. The number of benzene rings is 1. The predicted octanol–water partition coefficient (Wildman–Crippen LogP) is 3.78. The maximum absolute atomic E-state index is 6.47. The van der Waals surface area contributed by atoms with Gasteiger partial charge in [-0.3, -0.25) is 0 Å². The summed E-state index contributed by atoms with van der Waals surface area (Å²) >= 11 is 6.47. The third-order valence-electron chi connectivity index (χ3n) is 4.12. The van der Waals surface area contributed by atoms with Crippen molar-refractivity contribution >= 4 is 18.7 Å². The van der Waals surface area contributed by atoms with Gasteiger partial charge in [0.15, 0.2) is 0 Å². The van der Waals surface area contributed by atoms with Gasteiger partial charge in [-0.1, -0.05) is 29.8 Å². The molecule has 0 unspecified atom stereocenters. The van der Waals surface area contributed by atoms with E-state index in [-0.39, 0.29) is 23.6 Å². The van der Waals surface area contributed by atoms with Crippen LogP contribution in [-0.2, 0) is 15.7 Å². The molecule has 1 aromatic rings. The van der Waals surface area contributed by atoms with Gasteiger partial charge in [0.1, 0.15) is 0 Å². The summed E-state index contributed by atoms with van der Waals surface area (Å²) in [6, 6.07) is 8.41.